The molecular formula is C17H17N3O4. The molecule has 1 amide bonds. The number of amides is 1. The predicted molar refractivity (Wildman–Crippen MR) is 83.9 cm³/mol. The fourth-order valence-corrected chi connectivity index (χ4v) is 2.47. The van der Waals surface area contributed by atoms with E-state index in [1.807, 2.05) is 6.07 Å². The zero-order chi connectivity index (χ0) is 16.4. The van der Waals surface area contributed by atoms with Gasteiger partial charge in [0.05, 0.1) is 12.2 Å². The number of ether oxygens (including phenoxy) is 3. The summed E-state index contributed by atoms with van der Waals surface area (Å²) in [5, 5.41) is 2.80. The van der Waals surface area contributed by atoms with Crippen LogP contribution in [0.2, 0.25) is 0 Å². The second-order valence-electron chi connectivity index (χ2n) is 5.79. The summed E-state index contributed by atoms with van der Waals surface area (Å²) in [4.78, 5) is 20.4. The standard InChI is InChI=1S/C17H17N3O4/c21-17(8-22-13-3-4-15-16(6-13)24-10-23-15)18-7-12-5-14(11-1-2-11)20-9-19-12/h3-6,9,11H,1-2,7-8,10H2,(H,18,21). The number of carbonyl (C=O) groups excluding carboxylic acids is 1. The largest absolute Gasteiger partial charge is 0.484 e. The second-order valence-corrected chi connectivity index (χ2v) is 5.79. The summed E-state index contributed by atoms with van der Waals surface area (Å²) in [5.41, 5.74) is 1.87. The van der Waals surface area contributed by atoms with Crippen molar-refractivity contribution in [3.8, 4) is 17.2 Å². The van der Waals surface area contributed by atoms with Crippen LogP contribution in [0.1, 0.15) is 30.1 Å². The van der Waals surface area contributed by atoms with Crippen molar-refractivity contribution >= 4 is 5.91 Å². The molecule has 0 saturated heterocycles. The lowest BCUT2D eigenvalue weighted by molar-refractivity contribution is -0.123. The molecule has 0 atom stereocenters. The van der Waals surface area contributed by atoms with Crippen molar-refractivity contribution in [2.24, 2.45) is 0 Å². The van der Waals surface area contributed by atoms with Gasteiger partial charge in [0.15, 0.2) is 18.1 Å². The molecule has 0 spiro atoms. The van der Waals surface area contributed by atoms with Gasteiger partial charge in [-0.1, -0.05) is 0 Å². The summed E-state index contributed by atoms with van der Waals surface area (Å²) in [6.45, 7) is 0.507. The zero-order valence-corrected chi connectivity index (χ0v) is 13.0. The molecule has 1 aromatic heterocycles. The Bertz CT molecular complexity index is 761. The average molecular weight is 327 g/mol. The van der Waals surface area contributed by atoms with Crippen molar-refractivity contribution in [1.29, 1.82) is 0 Å². The lowest BCUT2D eigenvalue weighted by Crippen LogP contribution is -2.28. The Morgan fingerprint density at radius 3 is 2.96 bits per heavy atom. The maximum Gasteiger partial charge on any atom is 0.258 e. The molecular weight excluding hydrogens is 310 g/mol. The normalized spacial score (nSPS) is 15.2. The number of hydrogen-bond acceptors (Lipinski definition) is 6. The average Bonchev–Trinajstić information content (AvgIpc) is 3.36. The van der Waals surface area contributed by atoms with E-state index in [-0.39, 0.29) is 19.3 Å². The predicted octanol–water partition coefficient (Wildman–Crippen LogP) is 1.78. The maximum atomic E-state index is 11.9. The highest BCUT2D eigenvalue weighted by Crippen LogP contribution is 2.38. The summed E-state index contributed by atoms with van der Waals surface area (Å²) in [6.07, 6.45) is 3.93. The summed E-state index contributed by atoms with van der Waals surface area (Å²) in [6, 6.07) is 7.17. The molecule has 0 unspecified atom stereocenters. The van der Waals surface area contributed by atoms with Crippen LogP contribution in [0, 0.1) is 0 Å². The van der Waals surface area contributed by atoms with Crippen LogP contribution in [-0.4, -0.2) is 29.3 Å². The van der Waals surface area contributed by atoms with Crippen LogP contribution >= 0.6 is 0 Å². The van der Waals surface area contributed by atoms with Gasteiger partial charge in [0.2, 0.25) is 6.79 Å². The van der Waals surface area contributed by atoms with E-state index in [2.05, 4.69) is 15.3 Å². The van der Waals surface area contributed by atoms with Crippen LogP contribution in [0.25, 0.3) is 0 Å². The lowest BCUT2D eigenvalue weighted by atomic mass is 10.2. The van der Waals surface area contributed by atoms with Gasteiger partial charge in [-0.15, -0.1) is 0 Å². The maximum absolute atomic E-state index is 11.9. The Morgan fingerprint density at radius 1 is 1.21 bits per heavy atom. The van der Waals surface area contributed by atoms with Crippen molar-refractivity contribution < 1.29 is 19.0 Å². The number of rotatable bonds is 6. The molecule has 2 heterocycles. The molecule has 1 aromatic carbocycles. The molecule has 124 valence electrons. The Balaban J connectivity index is 1.27. The molecule has 7 heteroatoms. The van der Waals surface area contributed by atoms with E-state index in [9.17, 15) is 4.79 Å². The van der Waals surface area contributed by atoms with Gasteiger partial charge in [0, 0.05) is 17.7 Å². The van der Waals surface area contributed by atoms with Gasteiger partial charge in [0.25, 0.3) is 5.91 Å². The third-order valence-corrected chi connectivity index (χ3v) is 3.92. The molecule has 7 nitrogen and oxygen atoms in total. The van der Waals surface area contributed by atoms with E-state index in [1.165, 1.54) is 12.8 Å². The smallest absolute Gasteiger partial charge is 0.258 e. The third-order valence-electron chi connectivity index (χ3n) is 3.92. The fourth-order valence-electron chi connectivity index (χ4n) is 2.47. The number of aromatic nitrogens is 2. The highest BCUT2D eigenvalue weighted by molar-refractivity contribution is 5.77. The summed E-state index contributed by atoms with van der Waals surface area (Å²) < 4.78 is 16.0. The lowest BCUT2D eigenvalue weighted by Gasteiger charge is -2.08. The monoisotopic (exact) mass is 327 g/mol. The minimum Gasteiger partial charge on any atom is -0.484 e. The zero-order valence-electron chi connectivity index (χ0n) is 13.0. The first kappa shape index (κ1) is 14.7. The van der Waals surface area contributed by atoms with Crippen LogP contribution in [0.4, 0.5) is 0 Å². The first-order chi connectivity index (χ1) is 11.8. The molecule has 0 bridgehead atoms. The molecule has 1 fully saturated rings. The topological polar surface area (TPSA) is 82.6 Å². The minimum absolute atomic E-state index is 0.0692. The van der Waals surface area contributed by atoms with E-state index in [0.717, 1.165) is 11.4 Å². The number of benzene rings is 1. The summed E-state index contributed by atoms with van der Waals surface area (Å²) >= 11 is 0. The van der Waals surface area contributed by atoms with E-state index < -0.39 is 0 Å². The molecule has 2 aromatic rings. The molecule has 1 aliphatic carbocycles. The van der Waals surface area contributed by atoms with E-state index >= 15 is 0 Å². The number of hydrogen-bond donors (Lipinski definition) is 1. The van der Waals surface area contributed by atoms with Crippen LogP contribution in [0.3, 0.4) is 0 Å². The minimum atomic E-state index is -0.209. The first-order valence-electron chi connectivity index (χ1n) is 7.88. The highest BCUT2D eigenvalue weighted by Gasteiger charge is 2.25. The van der Waals surface area contributed by atoms with Crippen LogP contribution < -0.4 is 19.5 Å². The molecule has 4 rings (SSSR count). The van der Waals surface area contributed by atoms with Gasteiger partial charge in [-0.3, -0.25) is 4.79 Å². The summed E-state index contributed by atoms with van der Waals surface area (Å²) in [5.74, 6) is 2.23. The number of carbonyl (C=O) groups is 1. The quantitative estimate of drug-likeness (QED) is 0.871. The van der Waals surface area contributed by atoms with E-state index in [0.29, 0.717) is 29.7 Å². The van der Waals surface area contributed by atoms with Gasteiger partial charge in [-0.05, 0) is 31.0 Å². The van der Waals surface area contributed by atoms with Crippen molar-refractivity contribution in [3.63, 3.8) is 0 Å². The van der Waals surface area contributed by atoms with Crippen molar-refractivity contribution in [2.75, 3.05) is 13.4 Å². The van der Waals surface area contributed by atoms with Crippen molar-refractivity contribution in [3.05, 3.63) is 42.0 Å². The van der Waals surface area contributed by atoms with Crippen LogP contribution in [0.5, 0.6) is 17.2 Å². The summed E-state index contributed by atoms with van der Waals surface area (Å²) in [7, 11) is 0. The second kappa shape index (κ2) is 6.35. The third kappa shape index (κ3) is 3.40. The van der Waals surface area contributed by atoms with Crippen LogP contribution in [-0.2, 0) is 11.3 Å². The Kier molecular flexibility index (Phi) is 3.90. The Hall–Kier alpha value is -2.83. The SMILES string of the molecule is O=C(COc1ccc2c(c1)OCO2)NCc1cc(C2CC2)ncn1. The van der Waals surface area contributed by atoms with E-state index in [4.69, 9.17) is 14.2 Å². The Labute approximate surface area is 139 Å². The molecule has 24 heavy (non-hydrogen) atoms. The molecule has 1 N–H and O–H groups in total. The van der Waals surface area contributed by atoms with Crippen molar-refractivity contribution in [1.82, 2.24) is 15.3 Å². The fraction of sp³-hybridized carbons (Fsp3) is 0.353. The van der Waals surface area contributed by atoms with Gasteiger partial charge in [-0.2, -0.15) is 0 Å². The molecule has 2 aliphatic rings. The van der Waals surface area contributed by atoms with Crippen LogP contribution in [0.15, 0.2) is 30.6 Å². The molecule has 1 aliphatic heterocycles. The highest BCUT2D eigenvalue weighted by atomic mass is 16.7. The van der Waals surface area contributed by atoms with Gasteiger partial charge in [-0.25, -0.2) is 9.97 Å². The van der Waals surface area contributed by atoms with E-state index in [1.54, 1.807) is 24.5 Å². The number of nitrogens with zero attached hydrogens (tertiary/aromatic N) is 2. The Morgan fingerprint density at radius 2 is 2.08 bits per heavy atom. The molecule has 1 saturated carbocycles. The van der Waals surface area contributed by atoms with Gasteiger partial charge in [0.1, 0.15) is 12.1 Å². The molecule has 0 radical (unpaired) electrons. The van der Waals surface area contributed by atoms with Crippen molar-refractivity contribution in [2.45, 2.75) is 25.3 Å². The number of nitrogens with one attached hydrogen (secondary N) is 1. The number of fused-ring (bicyclic) bond motifs is 1. The van der Waals surface area contributed by atoms with Gasteiger partial charge >= 0.3 is 0 Å². The first-order valence-corrected chi connectivity index (χ1v) is 7.88. The van der Waals surface area contributed by atoms with Gasteiger partial charge < -0.3 is 19.5 Å².